The van der Waals surface area contributed by atoms with Crippen LogP contribution in [0.3, 0.4) is 0 Å². The van der Waals surface area contributed by atoms with Gasteiger partial charge in [-0.3, -0.25) is 9.55 Å². The van der Waals surface area contributed by atoms with Crippen LogP contribution in [-0.2, 0) is 4.74 Å². The van der Waals surface area contributed by atoms with E-state index in [4.69, 9.17) is 40.0 Å². The van der Waals surface area contributed by atoms with Crippen molar-refractivity contribution in [2.45, 2.75) is 24.9 Å². The van der Waals surface area contributed by atoms with Crippen molar-refractivity contribution in [3.05, 3.63) is 26.9 Å². The van der Waals surface area contributed by atoms with Crippen LogP contribution in [0.1, 0.15) is 18.2 Å². The molecule has 19 heavy (non-hydrogen) atoms. The minimum Gasteiger partial charge on any atom is -0.394 e. The number of hydrogen-bond acceptors (Lipinski definition) is 6. The molecule has 3 atom stereocenters. The van der Waals surface area contributed by atoms with Gasteiger partial charge in [-0.05, 0) is 0 Å². The molecule has 0 spiro atoms. The summed E-state index contributed by atoms with van der Waals surface area (Å²) in [6.45, 7) is -0.322. The van der Waals surface area contributed by atoms with Crippen molar-refractivity contribution in [2.75, 3.05) is 6.61 Å². The quantitative estimate of drug-likeness (QED) is 0.540. The number of ether oxygens (including phenoxy) is 1. The van der Waals surface area contributed by atoms with Crippen LogP contribution in [0.4, 0.5) is 0 Å². The summed E-state index contributed by atoms with van der Waals surface area (Å²) in [6, 6.07) is 0. The van der Waals surface area contributed by atoms with Gasteiger partial charge in [-0.2, -0.15) is 0 Å². The highest BCUT2D eigenvalue weighted by molar-refractivity contribution is 7.80. The highest BCUT2D eigenvalue weighted by atomic mass is 32.1. The van der Waals surface area contributed by atoms with Gasteiger partial charge in [0, 0.05) is 12.6 Å². The summed E-state index contributed by atoms with van der Waals surface area (Å²) in [5.74, 6) is 0. The maximum absolute atomic E-state index is 11.8. The first-order valence-electron chi connectivity index (χ1n) is 5.53. The third-order valence-corrected chi connectivity index (χ3v) is 3.47. The average molecular weight is 303 g/mol. The van der Waals surface area contributed by atoms with Crippen LogP contribution in [0.5, 0.6) is 0 Å². The van der Waals surface area contributed by atoms with E-state index in [2.05, 4.69) is 4.98 Å². The molecule has 1 aliphatic rings. The summed E-state index contributed by atoms with van der Waals surface area (Å²) in [7, 11) is 0. The minimum atomic E-state index is -0.835. The van der Waals surface area contributed by atoms with Crippen LogP contribution in [-0.4, -0.2) is 43.6 Å². The fraction of sp³-hybridized carbons (Fsp3) is 0.500. The molecule has 0 bridgehead atoms. The summed E-state index contributed by atoms with van der Waals surface area (Å²) in [5.41, 5.74) is 5.38. The monoisotopic (exact) mass is 303 g/mol. The Morgan fingerprint density at radius 1 is 1.68 bits per heavy atom. The topological polar surface area (TPSA) is 114 Å². The van der Waals surface area contributed by atoms with Gasteiger partial charge in [0.05, 0.1) is 18.3 Å². The Morgan fingerprint density at radius 3 is 2.89 bits per heavy atom. The SMILES string of the molecule is NC(=S)c1cn([C@@H]2C[C@@H](O)[C@H](CO)O2)c(=O)[nH]c1=S. The highest BCUT2D eigenvalue weighted by Crippen LogP contribution is 2.27. The molecule has 0 unspecified atom stereocenters. The van der Waals surface area contributed by atoms with E-state index in [1.54, 1.807) is 0 Å². The van der Waals surface area contributed by atoms with Crippen molar-refractivity contribution in [1.82, 2.24) is 9.55 Å². The molecule has 1 fully saturated rings. The van der Waals surface area contributed by atoms with E-state index in [0.29, 0.717) is 5.56 Å². The van der Waals surface area contributed by atoms with Gasteiger partial charge in [-0.15, -0.1) is 0 Å². The molecule has 0 radical (unpaired) electrons. The van der Waals surface area contributed by atoms with Crippen LogP contribution in [0, 0.1) is 4.64 Å². The lowest BCUT2D eigenvalue weighted by molar-refractivity contribution is -0.0459. The Morgan fingerprint density at radius 2 is 2.37 bits per heavy atom. The number of aliphatic hydroxyl groups is 2. The lowest BCUT2D eigenvalue weighted by atomic mass is 10.2. The lowest BCUT2D eigenvalue weighted by Crippen LogP contribution is -2.29. The van der Waals surface area contributed by atoms with Crippen LogP contribution in [0.2, 0.25) is 0 Å². The molecule has 2 heterocycles. The number of aliphatic hydroxyl groups excluding tert-OH is 2. The van der Waals surface area contributed by atoms with Crippen molar-refractivity contribution in [1.29, 1.82) is 0 Å². The molecule has 1 saturated heterocycles. The molecular weight excluding hydrogens is 290 g/mol. The molecular formula is C10H13N3O4S2. The zero-order valence-corrected chi connectivity index (χ0v) is 11.4. The normalized spacial score (nSPS) is 26.5. The van der Waals surface area contributed by atoms with Crippen LogP contribution >= 0.6 is 24.4 Å². The summed E-state index contributed by atoms with van der Waals surface area (Å²) in [5, 5.41) is 18.7. The third-order valence-electron chi connectivity index (χ3n) is 2.93. The van der Waals surface area contributed by atoms with E-state index in [9.17, 15) is 9.90 Å². The standard InChI is InChI=1S/C10H13N3O4S2/c11-8(18)4-2-13(10(16)12-9(4)19)7-1-5(15)6(3-14)17-7/h2,5-7,14-15H,1,3H2,(H2,11,18)(H,12,16,19)/t5-,6+,7+/m1/s1. The third kappa shape index (κ3) is 2.74. The Hall–Kier alpha value is -1.13. The largest absolute Gasteiger partial charge is 0.394 e. The molecule has 0 aromatic carbocycles. The number of rotatable bonds is 3. The molecule has 7 nitrogen and oxygen atoms in total. The molecule has 2 rings (SSSR count). The number of aromatic nitrogens is 2. The Bertz CT molecular complexity index is 612. The van der Waals surface area contributed by atoms with Crippen LogP contribution in [0.15, 0.2) is 11.0 Å². The van der Waals surface area contributed by atoms with Crippen LogP contribution in [0.25, 0.3) is 0 Å². The fourth-order valence-corrected chi connectivity index (χ4v) is 2.39. The summed E-state index contributed by atoms with van der Waals surface area (Å²) >= 11 is 9.79. The van der Waals surface area contributed by atoms with Gasteiger partial charge in [0.15, 0.2) is 0 Å². The number of nitrogens with zero attached hydrogens (tertiary/aromatic N) is 1. The van der Waals surface area contributed by atoms with Crippen molar-refractivity contribution in [3.63, 3.8) is 0 Å². The number of nitrogens with one attached hydrogen (secondary N) is 1. The van der Waals surface area contributed by atoms with Gasteiger partial charge in [-0.25, -0.2) is 4.79 Å². The number of thiocarbonyl (C=S) groups is 1. The molecule has 5 N–H and O–H groups in total. The summed E-state index contributed by atoms with van der Waals surface area (Å²) in [6.07, 6.45) is -0.654. The summed E-state index contributed by atoms with van der Waals surface area (Å²) in [4.78, 5) is 14.3. The molecule has 0 saturated carbocycles. The fourth-order valence-electron chi connectivity index (χ4n) is 1.92. The van der Waals surface area contributed by atoms with Crippen molar-refractivity contribution in [3.8, 4) is 0 Å². The van der Waals surface area contributed by atoms with Gasteiger partial charge in [0.25, 0.3) is 0 Å². The van der Waals surface area contributed by atoms with Gasteiger partial charge >= 0.3 is 5.69 Å². The zero-order chi connectivity index (χ0) is 14.2. The van der Waals surface area contributed by atoms with Crippen molar-refractivity contribution in [2.24, 2.45) is 5.73 Å². The van der Waals surface area contributed by atoms with Gasteiger partial charge in [-0.1, -0.05) is 24.4 Å². The maximum Gasteiger partial charge on any atom is 0.328 e. The van der Waals surface area contributed by atoms with Crippen molar-refractivity contribution >= 4 is 29.4 Å². The van der Waals surface area contributed by atoms with E-state index >= 15 is 0 Å². The summed E-state index contributed by atoms with van der Waals surface area (Å²) < 4.78 is 6.77. The highest BCUT2D eigenvalue weighted by Gasteiger charge is 2.35. The number of nitrogens with two attached hydrogens (primary N) is 1. The molecule has 0 amide bonds. The van der Waals surface area contributed by atoms with E-state index < -0.39 is 24.1 Å². The second-order valence-corrected chi connectivity index (χ2v) is 5.04. The number of hydrogen-bond donors (Lipinski definition) is 4. The minimum absolute atomic E-state index is 0.0623. The van der Waals surface area contributed by atoms with E-state index in [-0.39, 0.29) is 22.7 Å². The molecule has 9 heteroatoms. The second kappa shape index (κ2) is 5.47. The van der Waals surface area contributed by atoms with Gasteiger partial charge < -0.3 is 20.7 Å². The van der Waals surface area contributed by atoms with Gasteiger partial charge in [0.2, 0.25) is 0 Å². The zero-order valence-electron chi connectivity index (χ0n) is 9.78. The maximum atomic E-state index is 11.8. The molecule has 1 aromatic heterocycles. The molecule has 0 aliphatic carbocycles. The predicted molar refractivity (Wildman–Crippen MR) is 73.4 cm³/mol. The first kappa shape index (κ1) is 14.3. The van der Waals surface area contributed by atoms with Gasteiger partial charge in [0.1, 0.15) is 22.0 Å². The number of aromatic amines is 1. The predicted octanol–water partition coefficient (Wildman–Crippen LogP) is -0.819. The molecule has 104 valence electrons. The first-order valence-corrected chi connectivity index (χ1v) is 6.35. The Kier molecular flexibility index (Phi) is 4.11. The van der Waals surface area contributed by atoms with E-state index in [0.717, 1.165) is 0 Å². The average Bonchev–Trinajstić information content (AvgIpc) is 2.69. The smallest absolute Gasteiger partial charge is 0.328 e. The van der Waals surface area contributed by atoms with E-state index in [1.807, 2.05) is 0 Å². The van der Waals surface area contributed by atoms with Crippen molar-refractivity contribution < 1.29 is 14.9 Å². The second-order valence-electron chi connectivity index (χ2n) is 4.19. The van der Waals surface area contributed by atoms with Crippen LogP contribution < -0.4 is 11.4 Å². The molecule has 1 aliphatic heterocycles. The Labute approximate surface area is 118 Å². The number of H-pyrrole nitrogens is 1. The first-order chi connectivity index (χ1) is 8.93. The van der Waals surface area contributed by atoms with E-state index in [1.165, 1.54) is 10.8 Å². The molecule has 1 aromatic rings. The lowest BCUT2D eigenvalue weighted by Gasteiger charge is -2.15. The Balaban J connectivity index is 2.41.